The molecule has 142 valence electrons. The van der Waals surface area contributed by atoms with E-state index in [1.807, 2.05) is 18.2 Å². The Morgan fingerprint density at radius 1 is 1.38 bits per heavy atom. The van der Waals surface area contributed by atoms with Gasteiger partial charge in [-0.25, -0.2) is 4.79 Å². The van der Waals surface area contributed by atoms with Crippen LogP contribution in [-0.4, -0.2) is 84.9 Å². The molecule has 0 radical (unpaired) electrons. The van der Waals surface area contributed by atoms with Crippen LogP contribution >= 0.6 is 0 Å². The fourth-order valence-electron chi connectivity index (χ4n) is 2.67. The van der Waals surface area contributed by atoms with E-state index in [4.69, 9.17) is 9.47 Å². The summed E-state index contributed by atoms with van der Waals surface area (Å²) in [6.45, 7) is 4.09. The number of ether oxygens (including phenoxy) is 2. The summed E-state index contributed by atoms with van der Waals surface area (Å²) in [5.41, 5.74) is 0.943. The highest BCUT2D eigenvalue weighted by Gasteiger charge is 2.15. The van der Waals surface area contributed by atoms with Gasteiger partial charge in [-0.05, 0) is 18.2 Å². The first kappa shape index (κ1) is 18.4. The average Bonchev–Trinajstić information content (AvgIpc) is 3.14. The number of amides is 2. The topological polar surface area (TPSA) is 112 Å². The number of urea groups is 1. The third-order valence-electron chi connectivity index (χ3n) is 4.11. The minimum absolute atomic E-state index is 0.0754. The van der Waals surface area contributed by atoms with Crippen LogP contribution in [0.15, 0.2) is 24.4 Å². The Bertz CT molecular complexity index is 701. The molecule has 0 aliphatic carbocycles. The molecule has 0 saturated carbocycles. The van der Waals surface area contributed by atoms with Gasteiger partial charge in [0.25, 0.3) is 0 Å². The summed E-state index contributed by atoms with van der Waals surface area (Å²) in [7, 11) is 0. The molecule has 26 heavy (non-hydrogen) atoms. The van der Waals surface area contributed by atoms with Gasteiger partial charge in [0, 0.05) is 38.1 Å². The molecule has 0 bridgehead atoms. The van der Waals surface area contributed by atoms with E-state index in [0.29, 0.717) is 51.7 Å². The first-order valence-electron chi connectivity index (χ1n) is 8.77. The van der Waals surface area contributed by atoms with Crippen LogP contribution in [0.1, 0.15) is 0 Å². The normalized spacial score (nSPS) is 15.8. The molecule has 3 rings (SSSR count). The van der Waals surface area contributed by atoms with Crippen LogP contribution < -0.4 is 15.4 Å². The molecule has 1 aromatic heterocycles. The van der Waals surface area contributed by atoms with Gasteiger partial charge in [-0.2, -0.15) is 5.10 Å². The maximum Gasteiger partial charge on any atom is 0.317 e. The van der Waals surface area contributed by atoms with Crippen LogP contribution in [-0.2, 0) is 4.74 Å². The Labute approximate surface area is 151 Å². The minimum atomic E-state index is -0.634. The van der Waals surface area contributed by atoms with Crippen LogP contribution in [0.3, 0.4) is 0 Å². The fraction of sp³-hybridized carbons (Fsp3) is 0.529. The van der Waals surface area contributed by atoms with E-state index in [0.717, 1.165) is 10.9 Å². The van der Waals surface area contributed by atoms with E-state index in [-0.39, 0.29) is 12.6 Å². The van der Waals surface area contributed by atoms with Crippen molar-refractivity contribution in [2.24, 2.45) is 0 Å². The third-order valence-corrected chi connectivity index (χ3v) is 4.11. The highest BCUT2D eigenvalue weighted by atomic mass is 16.5. The lowest BCUT2D eigenvalue weighted by atomic mass is 10.2. The molecule has 1 atom stereocenters. The number of hydrogen-bond acceptors (Lipinski definition) is 6. The smallest absolute Gasteiger partial charge is 0.317 e. The largest absolute Gasteiger partial charge is 0.491 e. The second kappa shape index (κ2) is 9.37. The third kappa shape index (κ3) is 5.32. The van der Waals surface area contributed by atoms with Crippen LogP contribution in [0, 0.1) is 0 Å². The molecule has 1 aliphatic heterocycles. The monoisotopic (exact) mass is 363 g/mol. The minimum Gasteiger partial charge on any atom is -0.491 e. The Morgan fingerprint density at radius 3 is 3.08 bits per heavy atom. The molecule has 4 N–H and O–H groups in total. The SMILES string of the molecule is O=C(NCCNC[C@H](O)COc1ccc2[nH]ncc2c1)N1CCOCC1. The molecule has 2 aromatic rings. The number of carbonyl (C=O) groups excluding carboxylic acids is 1. The predicted molar refractivity (Wildman–Crippen MR) is 96.3 cm³/mol. The number of aromatic amines is 1. The number of fused-ring (bicyclic) bond motifs is 1. The van der Waals surface area contributed by atoms with E-state index in [2.05, 4.69) is 20.8 Å². The number of nitrogens with zero attached hydrogens (tertiary/aromatic N) is 2. The molecule has 9 nitrogen and oxygen atoms in total. The summed E-state index contributed by atoms with van der Waals surface area (Å²) >= 11 is 0. The van der Waals surface area contributed by atoms with Crippen molar-refractivity contribution >= 4 is 16.9 Å². The molecule has 9 heteroatoms. The molecule has 2 amide bonds. The second-order valence-corrected chi connectivity index (χ2v) is 6.12. The highest BCUT2D eigenvalue weighted by molar-refractivity contribution is 5.79. The van der Waals surface area contributed by atoms with Crippen LogP contribution in [0.4, 0.5) is 4.79 Å². The number of rotatable bonds is 8. The Morgan fingerprint density at radius 2 is 2.23 bits per heavy atom. The van der Waals surface area contributed by atoms with Gasteiger partial charge in [0.05, 0.1) is 24.9 Å². The summed E-state index contributed by atoms with van der Waals surface area (Å²) in [6.07, 6.45) is 1.09. The number of aliphatic hydroxyl groups is 1. The van der Waals surface area contributed by atoms with Gasteiger partial charge in [0.15, 0.2) is 0 Å². The zero-order valence-electron chi connectivity index (χ0n) is 14.6. The molecule has 0 spiro atoms. The number of benzene rings is 1. The molecule has 0 unspecified atom stereocenters. The standard InChI is InChI=1S/C17H25N5O4/c23-14(12-26-15-1-2-16-13(9-15)10-20-21-16)11-18-3-4-19-17(24)22-5-7-25-8-6-22/h1-2,9-10,14,18,23H,3-8,11-12H2,(H,19,24)(H,20,21)/t14-/m0/s1. The molecule has 1 aromatic carbocycles. The van der Waals surface area contributed by atoms with Crippen LogP contribution in [0.25, 0.3) is 10.9 Å². The summed E-state index contributed by atoms with van der Waals surface area (Å²) in [6, 6.07) is 5.52. The molecule has 1 aliphatic rings. The van der Waals surface area contributed by atoms with E-state index in [9.17, 15) is 9.90 Å². The number of hydrogen-bond donors (Lipinski definition) is 4. The molecule has 1 saturated heterocycles. The van der Waals surface area contributed by atoms with Gasteiger partial charge in [-0.1, -0.05) is 0 Å². The number of H-pyrrole nitrogens is 1. The Kier molecular flexibility index (Phi) is 6.64. The lowest BCUT2D eigenvalue weighted by molar-refractivity contribution is 0.0532. The number of carbonyl (C=O) groups is 1. The maximum atomic E-state index is 11.9. The van der Waals surface area contributed by atoms with E-state index in [1.54, 1.807) is 11.1 Å². The van der Waals surface area contributed by atoms with Crippen LogP contribution in [0.2, 0.25) is 0 Å². The van der Waals surface area contributed by atoms with Gasteiger partial charge in [0.1, 0.15) is 18.5 Å². The molecule has 1 fully saturated rings. The molecule has 2 heterocycles. The van der Waals surface area contributed by atoms with Crippen molar-refractivity contribution in [2.75, 3.05) is 52.5 Å². The Hall–Kier alpha value is -2.36. The molecular formula is C17H25N5O4. The van der Waals surface area contributed by atoms with Gasteiger partial charge in [-0.3, -0.25) is 5.10 Å². The zero-order valence-corrected chi connectivity index (χ0v) is 14.6. The van der Waals surface area contributed by atoms with E-state index >= 15 is 0 Å². The van der Waals surface area contributed by atoms with Gasteiger partial charge < -0.3 is 30.1 Å². The zero-order chi connectivity index (χ0) is 18.2. The lowest BCUT2D eigenvalue weighted by Crippen LogP contribution is -2.47. The quantitative estimate of drug-likeness (QED) is 0.489. The summed E-state index contributed by atoms with van der Waals surface area (Å²) < 4.78 is 10.8. The van der Waals surface area contributed by atoms with E-state index < -0.39 is 6.10 Å². The average molecular weight is 363 g/mol. The number of aromatic nitrogens is 2. The van der Waals surface area contributed by atoms with Gasteiger partial charge in [-0.15, -0.1) is 0 Å². The highest BCUT2D eigenvalue weighted by Crippen LogP contribution is 2.18. The first-order valence-corrected chi connectivity index (χ1v) is 8.77. The van der Waals surface area contributed by atoms with E-state index in [1.165, 1.54) is 0 Å². The van der Waals surface area contributed by atoms with Crippen molar-refractivity contribution < 1.29 is 19.4 Å². The fourth-order valence-corrected chi connectivity index (χ4v) is 2.67. The van der Waals surface area contributed by atoms with Gasteiger partial charge >= 0.3 is 6.03 Å². The van der Waals surface area contributed by atoms with Crippen molar-refractivity contribution in [1.82, 2.24) is 25.7 Å². The van der Waals surface area contributed by atoms with Crippen molar-refractivity contribution in [3.05, 3.63) is 24.4 Å². The summed E-state index contributed by atoms with van der Waals surface area (Å²) in [5.74, 6) is 0.690. The summed E-state index contributed by atoms with van der Waals surface area (Å²) in [4.78, 5) is 13.6. The van der Waals surface area contributed by atoms with Crippen LogP contribution in [0.5, 0.6) is 5.75 Å². The second-order valence-electron chi connectivity index (χ2n) is 6.12. The first-order chi connectivity index (χ1) is 12.7. The number of morpholine rings is 1. The maximum absolute atomic E-state index is 11.9. The predicted octanol–water partition coefficient (Wildman–Crippen LogP) is -0.0660. The summed E-state index contributed by atoms with van der Waals surface area (Å²) in [5, 5.41) is 23.7. The van der Waals surface area contributed by atoms with Crippen molar-refractivity contribution in [1.29, 1.82) is 0 Å². The molecular weight excluding hydrogens is 338 g/mol. The van der Waals surface area contributed by atoms with Crippen molar-refractivity contribution in [3.63, 3.8) is 0 Å². The Balaban J connectivity index is 1.26. The lowest BCUT2D eigenvalue weighted by Gasteiger charge is -2.27. The van der Waals surface area contributed by atoms with Crippen molar-refractivity contribution in [2.45, 2.75) is 6.10 Å². The number of aliphatic hydroxyl groups excluding tert-OH is 1. The van der Waals surface area contributed by atoms with Crippen molar-refractivity contribution in [3.8, 4) is 5.75 Å². The number of nitrogens with one attached hydrogen (secondary N) is 3. The van der Waals surface area contributed by atoms with Gasteiger partial charge in [0.2, 0.25) is 0 Å².